The molecular formula is C20H25N7OS. The second-order valence-electron chi connectivity index (χ2n) is 7.20. The normalized spacial score (nSPS) is 14.9. The third kappa shape index (κ3) is 4.30. The van der Waals surface area contributed by atoms with Crippen LogP contribution in [0.1, 0.15) is 16.4 Å². The SMILES string of the molecule is Cc1nnc(NC(=O)CN2CCN(c3c(C)nn(-c4ccccc4)c3C)CC2)s1. The summed E-state index contributed by atoms with van der Waals surface area (Å²) in [4.78, 5) is 16.8. The Balaban J connectivity index is 1.37. The largest absolute Gasteiger partial charge is 0.366 e. The Morgan fingerprint density at radius 1 is 1.07 bits per heavy atom. The van der Waals surface area contributed by atoms with Gasteiger partial charge in [-0.25, -0.2) is 4.68 Å². The van der Waals surface area contributed by atoms with Crippen LogP contribution in [0, 0.1) is 20.8 Å². The van der Waals surface area contributed by atoms with E-state index in [0.29, 0.717) is 11.7 Å². The Bertz CT molecular complexity index is 990. The molecule has 1 aliphatic heterocycles. The van der Waals surface area contributed by atoms with Crippen molar-refractivity contribution < 1.29 is 4.79 Å². The highest BCUT2D eigenvalue weighted by molar-refractivity contribution is 7.15. The lowest BCUT2D eigenvalue weighted by atomic mass is 10.2. The number of hydrogen-bond acceptors (Lipinski definition) is 7. The van der Waals surface area contributed by atoms with Crippen LogP contribution in [0.5, 0.6) is 0 Å². The number of aryl methyl sites for hydroxylation is 2. The van der Waals surface area contributed by atoms with Crippen molar-refractivity contribution >= 4 is 28.1 Å². The van der Waals surface area contributed by atoms with E-state index in [2.05, 4.69) is 51.3 Å². The van der Waals surface area contributed by atoms with Crippen LogP contribution in [0.2, 0.25) is 0 Å². The molecule has 1 N–H and O–H groups in total. The Morgan fingerprint density at radius 2 is 1.79 bits per heavy atom. The molecule has 29 heavy (non-hydrogen) atoms. The predicted octanol–water partition coefficient (Wildman–Crippen LogP) is 2.41. The smallest absolute Gasteiger partial charge is 0.240 e. The van der Waals surface area contributed by atoms with Gasteiger partial charge in [-0.3, -0.25) is 15.0 Å². The average Bonchev–Trinajstić information content (AvgIpc) is 3.25. The van der Waals surface area contributed by atoms with Crippen molar-refractivity contribution in [3.8, 4) is 5.69 Å². The third-order valence-electron chi connectivity index (χ3n) is 5.08. The maximum atomic E-state index is 12.3. The highest BCUT2D eigenvalue weighted by Crippen LogP contribution is 2.27. The molecule has 4 rings (SSSR count). The van der Waals surface area contributed by atoms with Gasteiger partial charge in [-0.15, -0.1) is 10.2 Å². The van der Waals surface area contributed by atoms with Gasteiger partial charge >= 0.3 is 0 Å². The summed E-state index contributed by atoms with van der Waals surface area (Å²) < 4.78 is 2.01. The first-order chi connectivity index (χ1) is 14.0. The summed E-state index contributed by atoms with van der Waals surface area (Å²) >= 11 is 1.39. The van der Waals surface area contributed by atoms with Crippen molar-refractivity contribution in [2.75, 3.05) is 42.9 Å². The van der Waals surface area contributed by atoms with Crippen LogP contribution < -0.4 is 10.2 Å². The molecule has 0 radical (unpaired) electrons. The molecule has 0 aliphatic carbocycles. The van der Waals surface area contributed by atoms with Crippen molar-refractivity contribution in [3.63, 3.8) is 0 Å². The number of amides is 1. The number of aromatic nitrogens is 4. The standard InChI is InChI=1S/C20H25N7OS/c1-14-19(15(2)27(24-14)17-7-5-4-6-8-17)26-11-9-25(10-12-26)13-18(28)21-20-23-22-16(3)29-20/h4-8H,9-13H2,1-3H3,(H,21,23,28). The molecule has 0 atom stereocenters. The lowest BCUT2D eigenvalue weighted by molar-refractivity contribution is -0.117. The van der Waals surface area contributed by atoms with E-state index in [9.17, 15) is 4.79 Å². The Labute approximate surface area is 174 Å². The molecule has 1 saturated heterocycles. The summed E-state index contributed by atoms with van der Waals surface area (Å²) in [6.45, 7) is 9.82. The number of rotatable bonds is 5. The molecule has 1 fully saturated rings. The van der Waals surface area contributed by atoms with Gasteiger partial charge in [0.05, 0.1) is 29.3 Å². The van der Waals surface area contributed by atoms with Crippen LogP contribution in [-0.2, 0) is 4.79 Å². The molecule has 8 nitrogen and oxygen atoms in total. The number of carbonyl (C=O) groups excluding carboxylic acids is 1. The van der Waals surface area contributed by atoms with Crippen molar-refractivity contribution in [2.45, 2.75) is 20.8 Å². The quantitative estimate of drug-likeness (QED) is 0.695. The minimum atomic E-state index is -0.0427. The summed E-state index contributed by atoms with van der Waals surface area (Å²) in [6.07, 6.45) is 0. The van der Waals surface area contributed by atoms with Crippen LogP contribution in [0.25, 0.3) is 5.69 Å². The summed E-state index contributed by atoms with van der Waals surface area (Å²) in [6, 6.07) is 10.2. The van der Waals surface area contributed by atoms with Gasteiger partial charge in [0.2, 0.25) is 11.0 Å². The zero-order valence-electron chi connectivity index (χ0n) is 16.9. The van der Waals surface area contributed by atoms with Crippen LogP contribution in [0.4, 0.5) is 10.8 Å². The van der Waals surface area contributed by atoms with Crippen LogP contribution in [0.3, 0.4) is 0 Å². The van der Waals surface area contributed by atoms with Crippen LogP contribution in [0.15, 0.2) is 30.3 Å². The van der Waals surface area contributed by atoms with E-state index in [1.54, 1.807) is 0 Å². The third-order valence-corrected chi connectivity index (χ3v) is 5.84. The molecule has 2 aromatic heterocycles. The fourth-order valence-corrected chi connectivity index (χ4v) is 4.36. The van der Waals surface area contributed by atoms with Gasteiger partial charge in [-0.1, -0.05) is 29.5 Å². The Hall–Kier alpha value is -2.78. The Kier molecular flexibility index (Phi) is 5.59. The maximum absolute atomic E-state index is 12.3. The number of nitrogens with one attached hydrogen (secondary N) is 1. The van der Waals surface area contributed by atoms with Gasteiger partial charge in [0.1, 0.15) is 5.01 Å². The molecule has 1 aliphatic rings. The monoisotopic (exact) mass is 411 g/mol. The van der Waals surface area contributed by atoms with E-state index < -0.39 is 0 Å². The van der Waals surface area contributed by atoms with Gasteiger partial charge in [0.15, 0.2) is 0 Å². The fraction of sp³-hybridized carbons (Fsp3) is 0.400. The highest BCUT2D eigenvalue weighted by Gasteiger charge is 2.24. The zero-order chi connectivity index (χ0) is 20.4. The molecule has 1 aromatic carbocycles. The molecule has 1 amide bonds. The molecule has 152 valence electrons. The van der Waals surface area contributed by atoms with Crippen molar-refractivity contribution in [3.05, 3.63) is 46.7 Å². The first kappa shape index (κ1) is 19.5. The summed E-state index contributed by atoms with van der Waals surface area (Å²) in [5.74, 6) is -0.0427. The highest BCUT2D eigenvalue weighted by atomic mass is 32.1. The van der Waals surface area contributed by atoms with Crippen molar-refractivity contribution in [2.24, 2.45) is 0 Å². The summed E-state index contributed by atoms with van der Waals surface area (Å²) in [5.41, 5.74) is 4.44. The van der Waals surface area contributed by atoms with Crippen molar-refractivity contribution in [1.82, 2.24) is 24.9 Å². The van der Waals surface area contributed by atoms with E-state index in [4.69, 9.17) is 5.10 Å². The molecule has 0 spiro atoms. The van der Waals surface area contributed by atoms with Crippen molar-refractivity contribution in [1.29, 1.82) is 0 Å². The Morgan fingerprint density at radius 3 is 2.45 bits per heavy atom. The molecular weight excluding hydrogens is 386 g/mol. The number of para-hydroxylation sites is 1. The van der Waals surface area contributed by atoms with E-state index in [0.717, 1.165) is 48.3 Å². The molecule has 9 heteroatoms. The van der Waals surface area contributed by atoms with Gasteiger partial charge in [-0.2, -0.15) is 5.10 Å². The second kappa shape index (κ2) is 8.30. The molecule has 3 heterocycles. The number of hydrogen-bond donors (Lipinski definition) is 1. The van der Waals surface area contributed by atoms with Gasteiger partial charge in [0, 0.05) is 26.2 Å². The molecule has 0 bridgehead atoms. The number of benzene rings is 1. The number of nitrogens with zero attached hydrogens (tertiary/aromatic N) is 6. The van der Waals surface area contributed by atoms with Gasteiger partial charge < -0.3 is 4.90 Å². The zero-order valence-corrected chi connectivity index (χ0v) is 17.7. The van der Waals surface area contributed by atoms with E-state index >= 15 is 0 Å². The minimum Gasteiger partial charge on any atom is -0.366 e. The fourth-order valence-electron chi connectivity index (χ4n) is 3.75. The lowest BCUT2D eigenvalue weighted by Gasteiger charge is -2.35. The molecule has 0 saturated carbocycles. The first-order valence-corrected chi connectivity index (χ1v) is 10.5. The van der Waals surface area contributed by atoms with Crippen LogP contribution >= 0.6 is 11.3 Å². The van der Waals surface area contributed by atoms with E-state index in [1.165, 1.54) is 17.0 Å². The molecule has 3 aromatic rings. The van der Waals surface area contributed by atoms with E-state index in [-0.39, 0.29) is 5.91 Å². The second-order valence-corrected chi connectivity index (χ2v) is 8.39. The topological polar surface area (TPSA) is 79.2 Å². The molecule has 0 unspecified atom stereocenters. The minimum absolute atomic E-state index is 0.0427. The summed E-state index contributed by atoms with van der Waals surface area (Å²) in [7, 11) is 0. The predicted molar refractivity (Wildman–Crippen MR) is 115 cm³/mol. The number of anilines is 2. The number of carbonyl (C=O) groups is 1. The lowest BCUT2D eigenvalue weighted by Crippen LogP contribution is -2.49. The van der Waals surface area contributed by atoms with Gasteiger partial charge in [0.25, 0.3) is 0 Å². The van der Waals surface area contributed by atoms with Gasteiger partial charge in [-0.05, 0) is 32.9 Å². The first-order valence-electron chi connectivity index (χ1n) is 9.70. The maximum Gasteiger partial charge on any atom is 0.240 e. The average molecular weight is 412 g/mol. The van der Waals surface area contributed by atoms with E-state index in [1.807, 2.05) is 29.8 Å². The summed E-state index contributed by atoms with van der Waals surface area (Å²) in [5, 5.41) is 16.9. The number of piperazine rings is 1. The van der Waals surface area contributed by atoms with Crippen LogP contribution in [-0.4, -0.2) is 63.5 Å².